The average molecular weight is 270 g/mol. The van der Waals surface area contributed by atoms with E-state index in [0.717, 1.165) is 5.69 Å². The number of nitrogens with one attached hydrogen (secondary N) is 1. The molecule has 1 atom stereocenters. The van der Waals surface area contributed by atoms with E-state index >= 15 is 0 Å². The fraction of sp³-hybridized carbons (Fsp3) is 0.250. The van der Waals surface area contributed by atoms with Gasteiger partial charge in [-0.2, -0.15) is 0 Å². The predicted octanol–water partition coefficient (Wildman–Crippen LogP) is 2.02. The normalized spacial score (nSPS) is 12.4. The van der Waals surface area contributed by atoms with Gasteiger partial charge in [-0.25, -0.2) is 9.37 Å². The lowest BCUT2D eigenvalue weighted by Gasteiger charge is -2.14. The first-order chi connectivity index (χ1) is 8.70. The molecule has 1 heterocycles. The Morgan fingerprint density at radius 1 is 1.50 bits per heavy atom. The van der Waals surface area contributed by atoms with Gasteiger partial charge in [-0.05, 0) is 18.2 Å². The zero-order valence-electron chi connectivity index (χ0n) is 9.55. The molecule has 0 bridgehead atoms. The standard InChI is InChI=1S/C12H13ClFN3O/c13-6-10(18)7-16-11-5-9(14)1-2-12(11)17-4-3-15-8-17/h1-5,8,10,16,18H,6-7H2. The summed E-state index contributed by atoms with van der Waals surface area (Å²) in [6, 6.07) is 4.39. The summed E-state index contributed by atoms with van der Waals surface area (Å²) in [5.41, 5.74) is 1.34. The van der Waals surface area contributed by atoms with Gasteiger partial charge in [0.25, 0.3) is 0 Å². The zero-order valence-corrected chi connectivity index (χ0v) is 10.3. The molecule has 96 valence electrons. The van der Waals surface area contributed by atoms with Crippen molar-refractivity contribution in [3.8, 4) is 5.69 Å². The number of alkyl halides is 1. The van der Waals surface area contributed by atoms with Gasteiger partial charge in [-0.15, -0.1) is 11.6 Å². The molecule has 0 aliphatic rings. The van der Waals surface area contributed by atoms with Crippen LogP contribution in [-0.2, 0) is 0 Å². The number of halogens is 2. The van der Waals surface area contributed by atoms with Gasteiger partial charge in [0.05, 0.1) is 29.7 Å². The quantitative estimate of drug-likeness (QED) is 0.817. The van der Waals surface area contributed by atoms with E-state index in [1.54, 1.807) is 29.4 Å². The first-order valence-corrected chi connectivity index (χ1v) is 6.00. The Bertz CT molecular complexity index is 504. The second-order valence-corrected chi connectivity index (χ2v) is 4.13. The summed E-state index contributed by atoms with van der Waals surface area (Å²) in [6.07, 6.45) is 4.35. The van der Waals surface area contributed by atoms with Gasteiger partial charge in [0.1, 0.15) is 5.82 Å². The lowest BCUT2D eigenvalue weighted by Crippen LogP contribution is -2.21. The molecule has 0 radical (unpaired) electrons. The molecule has 2 rings (SSSR count). The Hall–Kier alpha value is -1.59. The molecule has 0 aliphatic heterocycles. The third-order valence-electron chi connectivity index (χ3n) is 2.45. The second-order valence-electron chi connectivity index (χ2n) is 3.82. The Morgan fingerprint density at radius 2 is 2.33 bits per heavy atom. The summed E-state index contributed by atoms with van der Waals surface area (Å²) in [5.74, 6) is -0.218. The molecule has 0 aliphatic carbocycles. The number of rotatable bonds is 5. The summed E-state index contributed by atoms with van der Waals surface area (Å²) >= 11 is 5.51. The molecule has 0 fully saturated rings. The maximum absolute atomic E-state index is 13.2. The van der Waals surface area contributed by atoms with Crippen LogP contribution in [0.4, 0.5) is 10.1 Å². The molecule has 1 unspecified atom stereocenters. The summed E-state index contributed by atoms with van der Waals surface area (Å²) in [6.45, 7) is 0.259. The molecule has 4 nitrogen and oxygen atoms in total. The summed E-state index contributed by atoms with van der Waals surface area (Å²) in [5, 5.41) is 12.4. The van der Waals surface area contributed by atoms with Crippen molar-refractivity contribution in [1.29, 1.82) is 0 Å². The van der Waals surface area contributed by atoms with E-state index in [4.69, 9.17) is 11.6 Å². The van der Waals surface area contributed by atoms with E-state index in [0.29, 0.717) is 5.69 Å². The summed E-state index contributed by atoms with van der Waals surface area (Å²) in [7, 11) is 0. The molecule has 2 N–H and O–H groups in total. The first-order valence-electron chi connectivity index (χ1n) is 5.46. The van der Waals surface area contributed by atoms with Gasteiger partial charge in [0, 0.05) is 18.9 Å². The van der Waals surface area contributed by atoms with Gasteiger partial charge in [-0.3, -0.25) is 0 Å². The minimum atomic E-state index is -0.675. The number of benzene rings is 1. The number of aliphatic hydroxyl groups excluding tert-OH is 1. The van der Waals surface area contributed by atoms with Crippen LogP contribution in [0.5, 0.6) is 0 Å². The van der Waals surface area contributed by atoms with Crippen molar-refractivity contribution in [1.82, 2.24) is 9.55 Å². The average Bonchev–Trinajstić information content (AvgIpc) is 2.89. The highest BCUT2D eigenvalue weighted by Crippen LogP contribution is 2.21. The van der Waals surface area contributed by atoms with Crippen molar-refractivity contribution < 1.29 is 9.50 Å². The van der Waals surface area contributed by atoms with Crippen LogP contribution in [0.25, 0.3) is 5.69 Å². The predicted molar refractivity (Wildman–Crippen MR) is 68.7 cm³/mol. The second kappa shape index (κ2) is 5.84. The summed E-state index contributed by atoms with van der Waals surface area (Å²) in [4.78, 5) is 3.94. The van der Waals surface area contributed by atoms with E-state index in [9.17, 15) is 9.50 Å². The van der Waals surface area contributed by atoms with Crippen LogP contribution < -0.4 is 5.32 Å². The number of aromatic nitrogens is 2. The fourth-order valence-electron chi connectivity index (χ4n) is 1.56. The highest BCUT2D eigenvalue weighted by molar-refractivity contribution is 6.18. The molecule has 6 heteroatoms. The largest absolute Gasteiger partial charge is 0.390 e. The smallest absolute Gasteiger partial charge is 0.125 e. The molecule has 0 spiro atoms. The molecular weight excluding hydrogens is 257 g/mol. The van der Waals surface area contributed by atoms with Gasteiger partial charge >= 0.3 is 0 Å². The van der Waals surface area contributed by atoms with Crippen molar-refractivity contribution in [2.45, 2.75) is 6.10 Å². The Kier molecular flexibility index (Phi) is 4.17. The van der Waals surface area contributed by atoms with Crippen molar-refractivity contribution >= 4 is 17.3 Å². The molecule has 0 saturated heterocycles. The molecule has 1 aromatic heterocycles. The maximum atomic E-state index is 13.2. The van der Waals surface area contributed by atoms with Crippen molar-refractivity contribution in [3.63, 3.8) is 0 Å². The molecular formula is C12H13ClFN3O. The monoisotopic (exact) mass is 269 g/mol. The van der Waals surface area contributed by atoms with Crippen LogP contribution >= 0.6 is 11.6 Å². The van der Waals surface area contributed by atoms with E-state index in [1.807, 2.05) is 0 Å². The van der Waals surface area contributed by atoms with Crippen LogP contribution in [0.1, 0.15) is 0 Å². The number of aliphatic hydroxyl groups is 1. The third kappa shape index (κ3) is 3.00. The Balaban J connectivity index is 2.24. The zero-order chi connectivity index (χ0) is 13.0. The lowest BCUT2D eigenvalue weighted by molar-refractivity contribution is 0.211. The van der Waals surface area contributed by atoms with E-state index in [-0.39, 0.29) is 18.2 Å². The van der Waals surface area contributed by atoms with Gasteiger partial charge in [0.15, 0.2) is 0 Å². The van der Waals surface area contributed by atoms with Gasteiger partial charge < -0.3 is 15.0 Å². The van der Waals surface area contributed by atoms with Crippen molar-refractivity contribution in [2.24, 2.45) is 0 Å². The van der Waals surface area contributed by atoms with Crippen LogP contribution in [0.15, 0.2) is 36.9 Å². The maximum Gasteiger partial charge on any atom is 0.125 e. The van der Waals surface area contributed by atoms with Gasteiger partial charge in [-0.1, -0.05) is 0 Å². The van der Waals surface area contributed by atoms with E-state index < -0.39 is 6.10 Å². The molecule has 1 aromatic carbocycles. The van der Waals surface area contributed by atoms with Crippen molar-refractivity contribution in [2.75, 3.05) is 17.7 Å². The molecule has 2 aromatic rings. The van der Waals surface area contributed by atoms with E-state index in [1.165, 1.54) is 12.1 Å². The topological polar surface area (TPSA) is 50.1 Å². The summed E-state index contributed by atoms with van der Waals surface area (Å²) < 4.78 is 15.0. The van der Waals surface area contributed by atoms with Crippen LogP contribution in [-0.4, -0.2) is 33.2 Å². The Labute approximate surface area is 109 Å². The minimum Gasteiger partial charge on any atom is -0.390 e. The number of hydrogen-bond acceptors (Lipinski definition) is 3. The minimum absolute atomic E-state index is 0.128. The molecule has 0 saturated carbocycles. The SMILES string of the molecule is OC(CCl)CNc1cc(F)ccc1-n1ccnc1. The number of anilines is 1. The van der Waals surface area contributed by atoms with Gasteiger partial charge in [0.2, 0.25) is 0 Å². The van der Waals surface area contributed by atoms with Crippen LogP contribution in [0.3, 0.4) is 0 Å². The Morgan fingerprint density at radius 3 is 3.00 bits per heavy atom. The number of imidazole rings is 1. The van der Waals surface area contributed by atoms with Crippen LogP contribution in [0, 0.1) is 5.82 Å². The van der Waals surface area contributed by atoms with Crippen molar-refractivity contribution in [3.05, 3.63) is 42.7 Å². The number of hydrogen-bond donors (Lipinski definition) is 2. The molecule has 18 heavy (non-hydrogen) atoms. The third-order valence-corrected chi connectivity index (χ3v) is 2.80. The van der Waals surface area contributed by atoms with E-state index in [2.05, 4.69) is 10.3 Å². The lowest BCUT2D eigenvalue weighted by atomic mass is 10.2. The number of nitrogens with zero attached hydrogens (tertiary/aromatic N) is 2. The molecule has 0 amide bonds. The fourth-order valence-corrected chi connectivity index (χ4v) is 1.67. The first kappa shape index (κ1) is 12.9. The van der Waals surface area contributed by atoms with Crippen LogP contribution in [0.2, 0.25) is 0 Å². The highest BCUT2D eigenvalue weighted by atomic mass is 35.5. The highest BCUT2D eigenvalue weighted by Gasteiger charge is 2.08.